The lowest BCUT2D eigenvalue weighted by atomic mass is 9.95. The number of esters is 1. The number of hydrogen-bond acceptors (Lipinski definition) is 5. The summed E-state index contributed by atoms with van der Waals surface area (Å²) in [5.74, 6) is -1.20. The molecule has 1 aliphatic rings. The van der Waals surface area contributed by atoms with Gasteiger partial charge in [-0.2, -0.15) is 13.2 Å². The molecule has 0 aromatic heterocycles. The summed E-state index contributed by atoms with van der Waals surface area (Å²) < 4.78 is 49.1. The van der Waals surface area contributed by atoms with Gasteiger partial charge in [-0.25, -0.2) is 4.79 Å². The predicted molar refractivity (Wildman–Crippen MR) is 128 cm³/mol. The molecule has 2 aromatic carbocycles. The van der Waals surface area contributed by atoms with Crippen LogP contribution in [0.15, 0.2) is 59.8 Å². The first-order valence-corrected chi connectivity index (χ1v) is 10.9. The van der Waals surface area contributed by atoms with E-state index in [2.05, 4.69) is 10.6 Å². The molecule has 0 bridgehead atoms. The third-order valence-electron chi connectivity index (χ3n) is 5.45. The van der Waals surface area contributed by atoms with E-state index < -0.39 is 29.7 Å². The minimum Gasteiger partial charge on any atom is -0.460 e. The van der Waals surface area contributed by atoms with Crippen LogP contribution in [0.1, 0.15) is 34.5 Å². The quantitative estimate of drug-likeness (QED) is 0.329. The van der Waals surface area contributed by atoms with Gasteiger partial charge in [-0.15, -0.1) is 0 Å². The SMILES string of the molecule is COCCOC(=O)C1=C(C)N(C)C(=S)NC1c1ccc(NC(=O)c2cccc(C(F)(F)F)c2)cc1. The van der Waals surface area contributed by atoms with Gasteiger partial charge in [0, 0.05) is 31.1 Å². The van der Waals surface area contributed by atoms with E-state index in [0.717, 1.165) is 12.1 Å². The normalized spacial score (nSPS) is 16.1. The molecule has 0 saturated heterocycles. The summed E-state index contributed by atoms with van der Waals surface area (Å²) in [6.07, 6.45) is -4.55. The highest BCUT2D eigenvalue weighted by atomic mass is 32.1. The average Bonchev–Trinajstić information content (AvgIpc) is 2.82. The van der Waals surface area contributed by atoms with Crippen LogP contribution >= 0.6 is 12.2 Å². The van der Waals surface area contributed by atoms with Gasteiger partial charge in [0.25, 0.3) is 5.91 Å². The number of methoxy groups -OCH3 is 1. The van der Waals surface area contributed by atoms with E-state index in [1.54, 1.807) is 43.1 Å². The van der Waals surface area contributed by atoms with Crippen molar-refractivity contribution in [2.45, 2.75) is 19.1 Å². The molecule has 1 aliphatic heterocycles. The molecule has 0 fully saturated rings. The topological polar surface area (TPSA) is 79.9 Å². The second-order valence-corrected chi connectivity index (χ2v) is 8.11. The van der Waals surface area contributed by atoms with E-state index in [9.17, 15) is 22.8 Å². The van der Waals surface area contributed by atoms with Gasteiger partial charge in [-0.05, 0) is 55.0 Å². The molecule has 1 unspecified atom stereocenters. The van der Waals surface area contributed by atoms with Crippen LogP contribution in [-0.4, -0.2) is 49.3 Å². The Kier molecular flexibility index (Phi) is 8.13. The second-order valence-electron chi connectivity index (χ2n) is 7.72. The molecule has 35 heavy (non-hydrogen) atoms. The minimum absolute atomic E-state index is 0.0908. The van der Waals surface area contributed by atoms with Crippen LogP contribution < -0.4 is 10.6 Å². The zero-order chi connectivity index (χ0) is 25.8. The number of hydrogen-bond donors (Lipinski definition) is 2. The maximum atomic E-state index is 12.9. The van der Waals surface area contributed by atoms with E-state index in [4.69, 9.17) is 21.7 Å². The maximum absolute atomic E-state index is 12.9. The Balaban J connectivity index is 1.80. The van der Waals surface area contributed by atoms with Crippen LogP contribution in [-0.2, 0) is 20.4 Å². The third-order valence-corrected chi connectivity index (χ3v) is 5.84. The number of allylic oxidation sites excluding steroid dienone is 1. The molecule has 1 heterocycles. The number of thiocarbonyl (C=S) groups is 1. The first kappa shape index (κ1) is 26.2. The Morgan fingerprint density at radius 1 is 1.14 bits per heavy atom. The fourth-order valence-electron chi connectivity index (χ4n) is 3.44. The largest absolute Gasteiger partial charge is 0.460 e. The van der Waals surface area contributed by atoms with E-state index in [1.165, 1.54) is 19.2 Å². The molecule has 2 N–H and O–H groups in total. The smallest absolute Gasteiger partial charge is 0.416 e. The Labute approximate surface area is 205 Å². The summed E-state index contributed by atoms with van der Waals surface area (Å²) >= 11 is 5.37. The maximum Gasteiger partial charge on any atom is 0.416 e. The highest BCUT2D eigenvalue weighted by molar-refractivity contribution is 7.80. The van der Waals surface area contributed by atoms with Crippen molar-refractivity contribution in [1.29, 1.82) is 0 Å². The summed E-state index contributed by atoms with van der Waals surface area (Å²) in [7, 11) is 3.23. The van der Waals surface area contributed by atoms with Gasteiger partial charge in [0.2, 0.25) is 0 Å². The number of carbonyl (C=O) groups is 2. The number of anilines is 1. The van der Waals surface area contributed by atoms with Crippen molar-refractivity contribution in [1.82, 2.24) is 10.2 Å². The zero-order valence-corrected chi connectivity index (χ0v) is 20.0. The van der Waals surface area contributed by atoms with Gasteiger partial charge in [-0.3, -0.25) is 4.79 Å². The van der Waals surface area contributed by atoms with Gasteiger partial charge >= 0.3 is 12.1 Å². The van der Waals surface area contributed by atoms with Crippen LogP contribution in [0.3, 0.4) is 0 Å². The molecule has 1 atom stereocenters. The van der Waals surface area contributed by atoms with Crippen LogP contribution in [0.5, 0.6) is 0 Å². The van der Waals surface area contributed by atoms with Crippen molar-refractivity contribution in [2.24, 2.45) is 0 Å². The number of nitrogens with one attached hydrogen (secondary N) is 2. The molecule has 186 valence electrons. The fourth-order valence-corrected chi connectivity index (χ4v) is 3.70. The predicted octanol–water partition coefficient (Wildman–Crippen LogP) is 4.28. The Hall–Kier alpha value is -3.44. The van der Waals surface area contributed by atoms with Crippen LogP contribution in [0.4, 0.5) is 18.9 Å². The van der Waals surface area contributed by atoms with Crippen molar-refractivity contribution in [2.75, 3.05) is 32.7 Å². The number of carbonyl (C=O) groups excluding carboxylic acids is 2. The molecule has 3 rings (SSSR count). The fraction of sp³-hybridized carbons (Fsp3) is 0.292. The molecular weight excluding hydrogens is 483 g/mol. The Morgan fingerprint density at radius 2 is 1.83 bits per heavy atom. The summed E-state index contributed by atoms with van der Waals surface area (Å²) in [5, 5.41) is 6.12. The van der Waals surface area contributed by atoms with Crippen molar-refractivity contribution < 1.29 is 32.2 Å². The molecule has 7 nitrogen and oxygen atoms in total. The van der Waals surface area contributed by atoms with Gasteiger partial charge in [0.1, 0.15) is 6.61 Å². The molecule has 0 radical (unpaired) electrons. The first-order chi connectivity index (χ1) is 16.5. The van der Waals surface area contributed by atoms with Crippen LogP contribution in [0.2, 0.25) is 0 Å². The Bertz CT molecular complexity index is 1150. The lowest BCUT2D eigenvalue weighted by Gasteiger charge is -2.35. The van der Waals surface area contributed by atoms with Gasteiger partial charge < -0.3 is 25.0 Å². The van der Waals surface area contributed by atoms with Crippen molar-refractivity contribution in [3.63, 3.8) is 0 Å². The minimum atomic E-state index is -4.55. The highest BCUT2D eigenvalue weighted by Gasteiger charge is 2.34. The monoisotopic (exact) mass is 507 g/mol. The van der Waals surface area contributed by atoms with Gasteiger partial charge in [-0.1, -0.05) is 18.2 Å². The lowest BCUT2D eigenvalue weighted by molar-refractivity contribution is -0.141. The third kappa shape index (κ3) is 6.17. The molecule has 1 amide bonds. The summed E-state index contributed by atoms with van der Waals surface area (Å²) in [5.41, 5.74) is 1.02. The zero-order valence-electron chi connectivity index (χ0n) is 19.2. The van der Waals surface area contributed by atoms with Gasteiger partial charge in [0.05, 0.1) is 23.8 Å². The number of benzene rings is 2. The lowest BCUT2D eigenvalue weighted by Crippen LogP contribution is -2.46. The van der Waals surface area contributed by atoms with Crippen molar-refractivity contribution in [3.8, 4) is 0 Å². The molecule has 2 aromatic rings. The molecular formula is C24H24F3N3O4S. The van der Waals surface area contributed by atoms with Crippen molar-refractivity contribution >= 4 is 34.9 Å². The van der Waals surface area contributed by atoms with Crippen molar-refractivity contribution in [3.05, 3.63) is 76.5 Å². The van der Waals surface area contributed by atoms with E-state index in [1.807, 2.05) is 0 Å². The summed E-state index contributed by atoms with van der Waals surface area (Å²) in [4.78, 5) is 26.9. The molecule has 0 saturated carbocycles. The van der Waals surface area contributed by atoms with Crippen LogP contribution in [0.25, 0.3) is 0 Å². The summed E-state index contributed by atoms with van der Waals surface area (Å²) in [6.45, 7) is 2.11. The second kappa shape index (κ2) is 10.9. The number of nitrogens with zero attached hydrogens (tertiary/aromatic N) is 1. The Morgan fingerprint density at radius 3 is 2.46 bits per heavy atom. The molecule has 11 heteroatoms. The average molecular weight is 508 g/mol. The number of rotatable bonds is 7. The number of ether oxygens (including phenoxy) is 2. The van der Waals surface area contributed by atoms with Crippen LogP contribution in [0, 0.1) is 0 Å². The molecule has 0 spiro atoms. The van der Waals surface area contributed by atoms with Gasteiger partial charge in [0.15, 0.2) is 5.11 Å². The highest BCUT2D eigenvalue weighted by Crippen LogP contribution is 2.32. The first-order valence-electron chi connectivity index (χ1n) is 10.5. The molecule has 0 aliphatic carbocycles. The number of alkyl halides is 3. The number of halogens is 3. The van der Waals surface area contributed by atoms with E-state index >= 15 is 0 Å². The number of amides is 1. The standard InChI is InChI=1S/C24H24F3N3O4S/c1-14-19(22(32)34-12-11-33-3)20(29-23(35)30(14)2)15-7-9-18(10-8-15)28-21(31)16-5-4-6-17(13-16)24(25,26)27/h4-10,13,20H,11-12H2,1-3H3,(H,28,31)(H,29,35). The summed E-state index contributed by atoms with van der Waals surface area (Å²) in [6, 6.07) is 10.1. The van der Waals surface area contributed by atoms with E-state index in [0.29, 0.717) is 27.6 Å². The van der Waals surface area contributed by atoms with E-state index in [-0.39, 0.29) is 18.8 Å².